The highest BCUT2D eigenvalue weighted by Gasteiger charge is 2.13. The Bertz CT molecular complexity index is 1130. The van der Waals surface area contributed by atoms with Gasteiger partial charge in [0.2, 0.25) is 11.8 Å². The number of fused-ring (bicyclic) bond motifs is 2. The highest BCUT2D eigenvalue weighted by atomic mass is 79.9. The Kier molecular flexibility index (Phi) is 3.86. The lowest BCUT2D eigenvalue weighted by molar-refractivity contribution is -0.111. The summed E-state index contributed by atoms with van der Waals surface area (Å²) in [5.41, 5.74) is 2.92. The summed E-state index contributed by atoms with van der Waals surface area (Å²) in [6, 6.07) is 17.4. The minimum absolute atomic E-state index is 0.262. The molecule has 0 aliphatic rings. The molecule has 0 unspecified atom stereocenters. The van der Waals surface area contributed by atoms with Gasteiger partial charge in [-0.2, -0.15) is 0 Å². The number of amides is 1. The SMILES string of the molecule is C=CC(=O)Nc1ccc2oc(-c3cccc4c(Br)cccc34)nc2c1. The van der Waals surface area contributed by atoms with Gasteiger partial charge in [-0.1, -0.05) is 46.8 Å². The zero-order chi connectivity index (χ0) is 17.4. The van der Waals surface area contributed by atoms with Crippen molar-refractivity contribution >= 4 is 49.4 Å². The third kappa shape index (κ3) is 2.83. The van der Waals surface area contributed by atoms with Crippen LogP contribution in [0.25, 0.3) is 33.3 Å². The Morgan fingerprint density at radius 2 is 1.92 bits per heavy atom. The van der Waals surface area contributed by atoms with E-state index in [4.69, 9.17) is 4.42 Å². The summed E-state index contributed by atoms with van der Waals surface area (Å²) in [6.07, 6.45) is 1.23. The molecular formula is C20H13BrN2O2. The first-order chi connectivity index (χ1) is 12.2. The number of anilines is 1. The first-order valence-electron chi connectivity index (χ1n) is 7.67. The quantitative estimate of drug-likeness (QED) is 0.466. The molecule has 0 spiro atoms. The van der Waals surface area contributed by atoms with E-state index in [1.807, 2.05) is 30.3 Å². The Hall–Kier alpha value is -2.92. The van der Waals surface area contributed by atoms with Gasteiger partial charge in [-0.05, 0) is 47.2 Å². The molecule has 0 atom stereocenters. The molecule has 4 nitrogen and oxygen atoms in total. The summed E-state index contributed by atoms with van der Waals surface area (Å²) < 4.78 is 6.95. The van der Waals surface area contributed by atoms with Crippen molar-refractivity contribution in [3.8, 4) is 11.5 Å². The van der Waals surface area contributed by atoms with Gasteiger partial charge in [0.15, 0.2) is 5.58 Å². The lowest BCUT2D eigenvalue weighted by Crippen LogP contribution is -2.06. The molecule has 1 amide bonds. The van der Waals surface area contributed by atoms with Gasteiger partial charge in [0.1, 0.15) is 5.52 Å². The van der Waals surface area contributed by atoms with E-state index >= 15 is 0 Å². The molecule has 1 aromatic heterocycles. The van der Waals surface area contributed by atoms with E-state index in [0.29, 0.717) is 22.7 Å². The van der Waals surface area contributed by atoms with E-state index in [1.54, 1.807) is 18.2 Å². The highest BCUT2D eigenvalue weighted by molar-refractivity contribution is 9.10. The number of nitrogens with zero attached hydrogens (tertiary/aromatic N) is 1. The van der Waals surface area contributed by atoms with E-state index in [2.05, 4.69) is 38.9 Å². The molecule has 0 aliphatic heterocycles. The molecule has 0 saturated carbocycles. The van der Waals surface area contributed by atoms with Crippen LogP contribution in [-0.2, 0) is 4.79 Å². The Balaban J connectivity index is 1.84. The monoisotopic (exact) mass is 392 g/mol. The maximum Gasteiger partial charge on any atom is 0.247 e. The zero-order valence-corrected chi connectivity index (χ0v) is 14.7. The standard InChI is InChI=1S/C20H13BrN2O2/c1-2-19(24)22-12-9-10-18-17(11-12)23-20(25-18)15-7-3-6-14-13(15)5-4-8-16(14)21/h2-11H,1H2,(H,22,24). The van der Waals surface area contributed by atoms with Crippen molar-refractivity contribution in [2.75, 3.05) is 5.32 Å². The normalized spacial score (nSPS) is 10.9. The number of halogens is 1. The smallest absolute Gasteiger partial charge is 0.247 e. The third-order valence-corrected chi connectivity index (χ3v) is 4.63. The second-order valence-electron chi connectivity index (χ2n) is 5.54. The molecule has 25 heavy (non-hydrogen) atoms. The van der Waals surface area contributed by atoms with Gasteiger partial charge in [-0.15, -0.1) is 0 Å². The summed E-state index contributed by atoms with van der Waals surface area (Å²) in [7, 11) is 0. The van der Waals surface area contributed by atoms with Crippen molar-refractivity contribution in [2.24, 2.45) is 0 Å². The third-order valence-electron chi connectivity index (χ3n) is 3.94. The Labute approximate surface area is 152 Å². The fourth-order valence-electron chi connectivity index (χ4n) is 2.77. The second-order valence-corrected chi connectivity index (χ2v) is 6.39. The molecule has 3 aromatic carbocycles. The first kappa shape index (κ1) is 15.6. The average Bonchev–Trinajstić information content (AvgIpc) is 3.04. The number of rotatable bonds is 3. The molecule has 5 heteroatoms. The molecule has 0 radical (unpaired) electrons. The van der Waals surface area contributed by atoms with Crippen LogP contribution in [0.2, 0.25) is 0 Å². The summed E-state index contributed by atoms with van der Waals surface area (Å²) in [6.45, 7) is 3.45. The molecule has 0 saturated heterocycles. The number of oxazole rings is 1. The lowest BCUT2D eigenvalue weighted by atomic mass is 10.0. The van der Waals surface area contributed by atoms with Crippen molar-refractivity contribution in [1.82, 2.24) is 4.98 Å². The van der Waals surface area contributed by atoms with E-state index < -0.39 is 0 Å². The van der Waals surface area contributed by atoms with E-state index in [1.165, 1.54) is 6.08 Å². The molecule has 1 heterocycles. The molecule has 0 bridgehead atoms. The zero-order valence-electron chi connectivity index (χ0n) is 13.1. The maximum atomic E-state index is 11.4. The van der Waals surface area contributed by atoms with Gasteiger partial charge >= 0.3 is 0 Å². The van der Waals surface area contributed by atoms with Gasteiger partial charge < -0.3 is 9.73 Å². The van der Waals surface area contributed by atoms with Crippen LogP contribution in [0.3, 0.4) is 0 Å². The van der Waals surface area contributed by atoms with Crippen molar-refractivity contribution in [3.63, 3.8) is 0 Å². The molecule has 122 valence electrons. The molecule has 4 aromatic rings. The predicted octanol–water partition coefficient (Wildman–Crippen LogP) is 5.54. The van der Waals surface area contributed by atoms with Crippen molar-refractivity contribution in [1.29, 1.82) is 0 Å². The van der Waals surface area contributed by atoms with Crippen LogP contribution >= 0.6 is 15.9 Å². The van der Waals surface area contributed by atoms with Crippen molar-refractivity contribution in [2.45, 2.75) is 0 Å². The average molecular weight is 393 g/mol. The van der Waals surface area contributed by atoms with Crippen LogP contribution in [0.4, 0.5) is 5.69 Å². The minimum atomic E-state index is -0.262. The number of aromatic nitrogens is 1. The number of hydrogen-bond donors (Lipinski definition) is 1. The number of carbonyl (C=O) groups excluding carboxylic acids is 1. The van der Waals surface area contributed by atoms with Crippen molar-refractivity contribution < 1.29 is 9.21 Å². The van der Waals surface area contributed by atoms with E-state index in [-0.39, 0.29) is 5.91 Å². The molecule has 1 N–H and O–H groups in total. The molecule has 4 rings (SSSR count). The predicted molar refractivity (Wildman–Crippen MR) is 103 cm³/mol. The number of nitrogens with one attached hydrogen (secondary N) is 1. The van der Waals surface area contributed by atoms with Gasteiger partial charge in [0, 0.05) is 15.7 Å². The lowest BCUT2D eigenvalue weighted by Gasteiger charge is -2.04. The molecule has 0 fully saturated rings. The van der Waals surface area contributed by atoms with Crippen LogP contribution < -0.4 is 5.32 Å². The fourth-order valence-corrected chi connectivity index (χ4v) is 3.27. The maximum absolute atomic E-state index is 11.4. The number of carbonyl (C=O) groups is 1. The van der Waals surface area contributed by atoms with Crippen LogP contribution in [-0.4, -0.2) is 10.9 Å². The summed E-state index contributed by atoms with van der Waals surface area (Å²) in [4.78, 5) is 16.0. The Morgan fingerprint density at radius 3 is 2.76 bits per heavy atom. The number of benzene rings is 3. The van der Waals surface area contributed by atoms with Crippen LogP contribution in [0.5, 0.6) is 0 Å². The van der Waals surface area contributed by atoms with Crippen molar-refractivity contribution in [3.05, 3.63) is 71.7 Å². The van der Waals surface area contributed by atoms with E-state index in [0.717, 1.165) is 20.8 Å². The second kappa shape index (κ2) is 6.18. The van der Waals surface area contributed by atoms with E-state index in [9.17, 15) is 4.79 Å². The summed E-state index contributed by atoms with van der Waals surface area (Å²) in [5, 5.41) is 4.88. The summed E-state index contributed by atoms with van der Waals surface area (Å²) >= 11 is 3.58. The topological polar surface area (TPSA) is 55.1 Å². The summed E-state index contributed by atoms with van der Waals surface area (Å²) in [5.74, 6) is 0.285. The van der Waals surface area contributed by atoms with Gasteiger partial charge in [-0.3, -0.25) is 4.79 Å². The minimum Gasteiger partial charge on any atom is -0.436 e. The fraction of sp³-hybridized carbons (Fsp3) is 0. The molecule has 0 aliphatic carbocycles. The molecular weight excluding hydrogens is 380 g/mol. The largest absolute Gasteiger partial charge is 0.436 e. The number of hydrogen-bond acceptors (Lipinski definition) is 3. The van der Waals surface area contributed by atoms with Crippen LogP contribution in [0, 0.1) is 0 Å². The van der Waals surface area contributed by atoms with Gasteiger partial charge in [0.05, 0.1) is 0 Å². The first-order valence-corrected chi connectivity index (χ1v) is 8.46. The van der Waals surface area contributed by atoms with Crippen LogP contribution in [0.15, 0.2) is 76.1 Å². The highest BCUT2D eigenvalue weighted by Crippen LogP contribution is 2.34. The van der Waals surface area contributed by atoms with Crippen LogP contribution in [0.1, 0.15) is 0 Å². The Morgan fingerprint density at radius 1 is 1.12 bits per heavy atom. The van der Waals surface area contributed by atoms with Gasteiger partial charge in [0.25, 0.3) is 0 Å². The van der Waals surface area contributed by atoms with Gasteiger partial charge in [-0.25, -0.2) is 4.98 Å².